The van der Waals surface area contributed by atoms with E-state index >= 15 is 0 Å². The molecule has 8 heteroatoms. The summed E-state index contributed by atoms with van der Waals surface area (Å²) in [6.07, 6.45) is 0.357. The topological polar surface area (TPSA) is 95.5 Å². The number of nitrogens with one attached hydrogen (secondary N) is 2. The number of hydrogen-bond donors (Lipinski definition) is 3. The van der Waals surface area contributed by atoms with Gasteiger partial charge in [0.15, 0.2) is 0 Å². The van der Waals surface area contributed by atoms with E-state index in [1.54, 1.807) is 24.3 Å². The van der Waals surface area contributed by atoms with Crippen LogP contribution in [0.3, 0.4) is 0 Å². The first-order chi connectivity index (χ1) is 13.8. The second kappa shape index (κ2) is 7.18. The first-order valence-electron chi connectivity index (χ1n) is 8.79. The number of carboxylic acids is 1. The molecule has 0 fully saturated rings. The second-order valence-corrected chi connectivity index (χ2v) is 8.93. The van der Waals surface area contributed by atoms with Crippen molar-refractivity contribution in [3.05, 3.63) is 94.5 Å². The third-order valence-corrected chi connectivity index (χ3v) is 6.59. The highest BCUT2D eigenvalue weighted by molar-refractivity contribution is 7.89. The molecule has 3 aromatic carbocycles. The summed E-state index contributed by atoms with van der Waals surface area (Å²) in [6.45, 7) is 0. The molecule has 1 heterocycles. The molecule has 0 aliphatic carbocycles. The predicted octanol–water partition coefficient (Wildman–Crippen LogP) is 3.84. The molecule has 0 bridgehead atoms. The molecule has 3 N–H and O–H groups in total. The van der Waals surface area contributed by atoms with Gasteiger partial charge in [-0.05, 0) is 47.5 Å². The number of hydrogen-bond acceptors (Lipinski definition) is 4. The van der Waals surface area contributed by atoms with Gasteiger partial charge in [0.2, 0.25) is 10.0 Å². The molecular formula is C21H17ClN2O4S. The Labute approximate surface area is 173 Å². The first-order valence-corrected chi connectivity index (χ1v) is 10.6. The molecule has 1 aliphatic rings. The molecule has 1 unspecified atom stereocenters. The molecule has 1 aliphatic heterocycles. The van der Waals surface area contributed by atoms with E-state index in [1.165, 1.54) is 24.3 Å². The first kappa shape index (κ1) is 19.4. The summed E-state index contributed by atoms with van der Waals surface area (Å²) >= 11 is 5.98. The van der Waals surface area contributed by atoms with Crippen molar-refractivity contribution < 1.29 is 18.3 Å². The van der Waals surface area contributed by atoms with Crippen molar-refractivity contribution in [2.24, 2.45) is 0 Å². The molecule has 0 radical (unpaired) electrons. The van der Waals surface area contributed by atoms with Crippen molar-refractivity contribution in [3.63, 3.8) is 0 Å². The minimum atomic E-state index is -3.93. The molecule has 0 spiro atoms. The monoisotopic (exact) mass is 428 g/mol. The van der Waals surface area contributed by atoms with E-state index in [0.29, 0.717) is 17.0 Å². The molecule has 1 atom stereocenters. The van der Waals surface area contributed by atoms with Crippen molar-refractivity contribution in [1.82, 2.24) is 4.72 Å². The average Bonchev–Trinajstić information content (AvgIpc) is 3.06. The Morgan fingerprint density at radius 3 is 2.41 bits per heavy atom. The maximum Gasteiger partial charge on any atom is 0.335 e. The normalized spacial score (nSPS) is 18.1. The highest BCUT2D eigenvalue weighted by Crippen LogP contribution is 2.38. The Kier molecular flexibility index (Phi) is 4.82. The summed E-state index contributed by atoms with van der Waals surface area (Å²) in [6, 6.07) is 19.7. The van der Waals surface area contributed by atoms with Gasteiger partial charge in [-0.1, -0.05) is 48.0 Å². The van der Waals surface area contributed by atoms with Crippen LogP contribution in [0.2, 0.25) is 5.02 Å². The van der Waals surface area contributed by atoms with Crippen LogP contribution in [-0.2, 0) is 22.1 Å². The number of benzene rings is 3. The number of rotatable bonds is 5. The van der Waals surface area contributed by atoms with Gasteiger partial charge in [0, 0.05) is 17.1 Å². The summed E-state index contributed by atoms with van der Waals surface area (Å²) in [5.41, 5.74) is 1.32. The van der Waals surface area contributed by atoms with E-state index in [4.69, 9.17) is 16.7 Å². The Balaban J connectivity index is 1.79. The number of aromatic carboxylic acids is 1. The zero-order valence-electron chi connectivity index (χ0n) is 15.1. The Morgan fingerprint density at radius 2 is 1.76 bits per heavy atom. The summed E-state index contributed by atoms with van der Waals surface area (Å²) in [5, 5.41) is 12.8. The van der Waals surface area contributed by atoms with Gasteiger partial charge in [-0.3, -0.25) is 0 Å². The van der Waals surface area contributed by atoms with Crippen LogP contribution in [0.4, 0.5) is 5.69 Å². The Morgan fingerprint density at radius 1 is 1.03 bits per heavy atom. The summed E-state index contributed by atoms with van der Waals surface area (Å²) < 4.78 is 29.1. The van der Waals surface area contributed by atoms with Crippen molar-refractivity contribution >= 4 is 33.3 Å². The lowest BCUT2D eigenvalue weighted by molar-refractivity contribution is 0.0696. The predicted molar refractivity (Wildman–Crippen MR) is 111 cm³/mol. The van der Waals surface area contributed by atoms with Gasteiger partial charge in [-0.25, -0.2) is 13.2 Å². The zero-order valence-corrected chi connectivity index (χ0v) is 16.7. The van der Waals surface area contributed by atoms with E-state index in [-0.39, 0.29) is 10.5 Å². The van der Waals surface area contributed by atoms with E-state index in [0.717, 1.165) is 11.3 Å². The number of sulfonamides is 1. The number of para-hydroxylation sites is 1. The van der Waals surface area contributed by atoms with Crippen molar-refractivity contribution in [2.45, 2.75) is 17.0 Å². The highest BCUT2D eigenvalue weighted by atomic mass is 35.5. The van der Waals surface area contributed by atoms with Crippen LogP contribution in [-0.4, -0.2) is 19.5 Å². The number of fused-ring (bicyclic) bond motifs is 1. The average molecular weight is 429 g/mol. The van der Waals surface area contributed by atoms with Crippen molar-refractivity contribution in [3.8, 4) is 0 Å². The lowest BCUT2D eigenvalue weighted by atomic mass is 9.95. The fourth-order valence-corrected chi connectivity index (χ4v) is 5.08. The Bertz CT molecular complexity index is 1170. The number of halogens is 1. The molecule has 0 saturated heterocycles. The van der Waals surface area contributed by atoms with E-state index < -0.39 is 21.7 Å². The highest BCUT2D eigenvalue weighted by Gasteiger charge is 2.42. The lowest BCUT2D eigenvalue weighted by Crippen LogP contribution is -2.50. The van der Waals surface area contributed by atoms with E-state index in [1.807, 2.05) is 24.3 Å². The standard InChI is InChI=1S/C21H17ClN2O4S/c22-17-5-3-6-18(12-17)29(27,28)24-21(13-15-4-1-2-7-19(15)23-21)16-10-8-14(9-11-16)20(25)26/h1-12,23-24H,13H2,(H,25,26). The second-order valence-electron chi connectivity index (χ2n) is 6.81. The van der Waals surface area contributed by atoms with Crippen LogP contribution >= 0.6 is 11.6 Å². The molecular weight excluding hydrogens is 412 g/mol. The third kappa shape index (κ3) is 3.72. The SMILES string of the molecule is O=C(O)c1ccc(C2(NS(=O)(=O)c3cccc(Cl)c3)Cc3ccccc3N2)cc1. The van der Waals surface area contributed by atoms with Crippen LogP contribution < -0.4 is 10.0 Å². The number of anilines is 1. The maximum atomic E-state index is 13.1. The smallest absolute Gasteiger partial charge is 0.335 e. The molecule has 0 amide bonds. The van der Waals surface area contributed by atoms with Crippen LogP contribution in [0, 0.1) is 0 Å². The quantitative estimate of drug-likeness (QED) is 0.574. The number of carboxylic acid groups (broad SMARTS) is 1. The van der Waals surface area contributed by atoms with Crippen molar-refractivity contribution in [2.75, 3.05) is 5.32 Å². The minimum absolute atomic E-state index is 0.0456. The molecule has 0 saturated carbocycles. The van der Waals surface area contributed by atoms with Crippen LogP contribution in [0.25, 0.3) is 0 Å². The van der Waals surface area contributed by atoms with Crippen LogP contribution in [0.5, 0.6) is 0 Å². The number of carbonyl (C=O) groups is 1. The van der Waals surface area contributed by atoms with Gasteiger partial charge in [0.25, 0.3) is 0 Å². The van der Waals surface area contributed by atoms with Crippen LogP contribution in [0.1, 0.15) is 21.5 Å². The van der Waals surface area contributed by atoms with Gasteiger partial charge in [-0.15, -0.1) is 0 Å². The molecule has 6 nitrogen and oxygen atoms in total. The molecule has 4 rings (SSSR count). The minimum Gasteiger partial charge on any atom is -0.478 e. The summed E-state index contributed by atoms with van der Waals surface area (Å²) in [5.74, 6) is -1.05. The van der Waals surface area contributed by atoms with Gasteiger partial charge in [0.05, 0.1) is 10.5 Å². The summed E-state index contributed by atoms with van der Waals surface area (Å²) in [4.78, 5) is 11.2. The zero-order chi connectivity index (χ0) is 20.6. The van der Waals surface area contributed by atoms with Crippen LogP contribution in [0.15, 0.2) is 77.7 Å². The maximum absolute atomic E-state index is 13.1. The van der Waals surface area contributed by atoms with Gasteiger partial charge in [0.1, 0.15) is 5.66 Å². The Hall–Kier alpha value is -2.87. The lowest BCUT2D eigenvalue weighted by Gasteiger charge is -2.32. The van der Waals surface area contributed by atoms with Crippen molar-refractivity contribution in [1.29, 1.82) is 0 Å². The molecule has 29 heavy (non-hydrogen) atoms. The molecule has 148 valence electrons. The van der Waals surface area contributed by atoms with E-state index in [9.17, 15) is 13.2 Å². The third-order valence-electron chi connectivity index (χ3n) is 4.86. The van der Waals surface area contributed by atoms with Gasteiger partial charge < -0.3 is 10.4 Å². The van der Waals surface area contributed by atoms with E-state index in [2.05, 4.69) is 10.0 Å². The van der Waals surface area contributed by atoms with Gasteiger partial charge in [-0.2, -0.15) is 4.72 Å². The summed E-state index contributed by atoms with van der Waals surface area (Å²) in [7, 11) is -3.93. The molecule has 0 aromatic heterocycles. The fourth-order valence-electron chi connectivity index (χ4n) is 3.47. The molecule has 3 aromatic rings. The van der Waals surface area contributed by atoms with Gasteiger partial charge >= 0.3 is 5.97 Å². The fraction of sp³-hybridized carbons (Fsp3) is 0.0952. The largest absolute Gasteiger partial charge is 0.478 e.